The molecule has 2 heterocycles. The summed E-state index contributed by atoms with van der Waals surface area (Å²) in [5, 5.41) is 9.19. The minimum absolute atomic E-state index is 0. The summed E-state index contributed by atoms with van der Waals surface area (Å²) in [5.41, 5.74) is 6.79. The van der Waals surface area contributed by atoms with E-state index in [-0.39, 0.29) is 36.8 Å². The predicted octanol–water partition coefficient (Wildman–Crippen LogP) is 0.118. The number of aromatic nitrogens is 1. The standard InChI is InChI=1S/C12H20N6O.2ClH/c1-8(17-12-14-3-4-15-12)6-16-11(19)10-5-9(13)7-18(10)2;;/h5,7-8H,3-4,6,13H2,1-2H3,(H,16,19)(H2,14,15,17);2*1H. The maximum absolute atomic E-state index is 12.0. The molecular weight excluding hydrogens is 315 g/mol. The van der Waals surface area contributed by atoms with E-state index in [1.165, 1.54) is 0 Å². The molecule has 0 radical (unpaired) electrons. The number of nitrogen functional groups attached to an aromatic ring is 1. The number of nitrogens with zero attached hydrogens (tertiary/aromatic N) is 2. The third-order valence-corrected chi connectivity index (χ3v) is 2.88. The highest BCUT2D eigenvalue weighted by Gasteiger charge is 2.13. The second-order valence-electron chi connectivity index (χ2n) is 4.68. The lowest BCUT2D eigenvalue weighted by Crippen LogP contribution is -2.45. The van der Waals surface area contributed by atoms with E-state index in [1.807, 2.05) is 6.92 Å². The van der Waals surface area contributed by atoms with Crippen molar-refractivity contribution in [3.63, 3.8) is 0 Å². The van der Waals surface area contributed by atoms with E-state index in [4.69, 9.17) is 5.73 Å². The number of amides is 1. The molecule has 7 nitrogen and oxygen atoms in total. The van der Waals surface area contributed by atoms with Crippen LogP contribution >= 0.6 is 24.8 Å². The topological polar surface area (TPSA) is 96.5 Å². The van der Waals surface area contributed by atoms with Gasteiger partial charge in [0, 0.05) is 32.4 Å². The van der Waals surface area contributed by atoms with Crippen molar-refractivity contribution in [3.8, 4) is 0 Å². The largest absolute Gasteiger partial charge is 0.397 e. The number of nitrogens with two attached hydrogens (primary N) is 1. The van der Waals surface area contributed by atoms with Crippen LogP contribution in [0.1, 0.15) is 17.4 Å². The Morgan fingerprint density at radius 1 is 1.57 bits per heavy atom. The normalized spacial score (nSPS) is 14.1. The second-order valence-corrected chi connectivity index (χ2v) is 4.68. The Labute approximate surface area is 136 Å². The van der Waals surface area contributed by atoms with Gasteiger partial charge in [-0.15, -0.1) is 24.8 Å². The van der Waals surface area contributed by atoms with Crippen molar-refractivity contribution in [1.82, 2.24) is 20.5 Å². The molecule has 0 spiro atoms. The summed E-state index contributed by atoms with van der Waals surface area (Å²) < 4.78 is 1.71. The van der Waals surface area contributed by atoms with Crippen LogP contribution in [0.2, 0.25) is 0 Å². The van der Waals surface area contributed by atoms with E-state index >= 15 is 0 Å². The number of rotatable bonds is 4. The van der Waals surface area contributed by atoms with Crippen LogP contribution in [0, 0.1) is 0 Å². The lowest BCUT2D eigenvalue weighted by molar-refractivity contribution is 0.0943. The van der Waals surface area contributed by atoms with Crippen molar-refractivity contribution in [1.29, 1.82) is 0 Å². The summed E-state index contributed by atoms with van der Waals surface area (Å²) in [6.07, 6.45) is 1.72. The van der Waals surface area contributed by atoms with E-state index < -0.39 is 0 Å². The minimum Gasteiger partial charge on any atom is -0.397 e. The van der Waals surface area contributed by atoms with Crippen molar-refractivity contribution in [3.05, 3.63) is 18.0 Å². The lowest BCUT2D eigenvalue weighted by Gasteiger charge is -2.16. The molecule has 120 valence electrons. The van der Waals surface area contributed by atoms with Gasteiger partial charge in [-0.1, -0.05) is 0 Å². The summed E-state index contributed by atoms with van der Waals surface area (Å²) in [4.78, 5) is 16.2. The van der Waals surface area contributed by atoms with Crippen molar-refractivity contribution in [2.24, 2.45) is 12.0 Å². The molecule has 1 aromatic heterocycles. The van der Waals surface area contributed by atoms with Crippen LogP contribution in [0.5, 0.6) is 0 Å². The molecule has 2 rings (SSSR count). The Morgan fingerprint density at radius 2 is 2.29 bits per heavy atom. The second kappa shape index (κ2) is 8.63. The van der Waals surface area contributed by atoms with Crippen molar-refractivity contribution < 1.29 is 4.79 Å². The first-order chi connectivity index (χ1) is 9.06. The van der Waals surface area contributed by atoms with Crippen LogP contribution in [0.3, 0.4) is 0 Å². The van der Waals surface area contributed by atoms with E-state index in [9.17, 15) is 4.79 Å². The Morgan fingerprint density at radius 3 is 2.81 bits per heavy atom. The molecule has 0 saturated carbocycles. The van der Waals surface area contributed by atoms with Crippen molar-refractivity contribution in [2.45, 2.75) is 13.0 Å². The number of hydrogen-bond donors (Lipinski definition) is 4. The van der Waals surface area contributed by atoms with E-state index in [0.29, 0.717) is 17.9 Å². The first-order valence-corrected chi connectivity index (χ1v) is 6.31. The van der Waals surface area contributed by atoms with E-state index in [0.717, 1.165) is 19.0 Å². The molecular formula is C12H22Cl2N6O. The zero-order chi connectivity index (χ0) is 13.8. The summed E-state index contributed by atoms with van der Waals surface area (Å²) in [6, 6.07) is 1.77. The Balaban J connectivity index is 0.00000200. The van der Waals surface area contributed by atoms with Gasteiger partial charge in [-0.05, 0) is 13.0 Å². The zero-order valence-electron chi connectivity index (χ0n) is 12.0. The van der Waals surface area contributed by atoms with Crippen molar-refractivity contribution in [2.75, 3.05) is 25.4 Å². The molecule has 1 amide bonds. The van der Waals surface area contributed by atoms with Gasteiger partial charge in [-0.2, -0.15) is 0 Å². The molecule has 5 N–H and O–H groups in total. The molecule has 1 unspecified atom stereocenters. The van der Waals surface area contributed by atoms with Gasteiger partial charge in [0.1, 0.15) is 5.69 Å². The van der Waals surface area contributed by atoms with Crippen LogP contribution in [0.15, 0.2) is 17.3 Å². The maximum Gasteiger partial charge on any atom is 0.268 e. The maximum atomic E-state index is 12.0. The third kappa shape index (κ3) is 5.35. The number of hydrogen-bond acceptors (Lipinski definition) is 5. The Bertz CT molecular complexity index is 502. The van der Waals surface area contributed by atoms with Crippen LogP contribution in [-0.4, -0.2) is 42.1 Å². The molecule has 0 saturated heterocycles. The van der Waals surface area contributed by atoms with Crippen LogP contribution in [-0.2, 0) is 7.05 Å². The molecule has 0 bridgehead atoms. The molecule has 9 heteroatoms. The highest BCUT2D eigenvalue weighted by Crippen LogP contribution is 2.08. The summed E-state index contributed by atoms with van der Waals surface area (Å²) in [7, 11) is 1.80. The molecule has 1 aliphatic rings. The van der Waals surface area contributed by atoms with Gasteiger partial charge in [0.05, 0.1) is 12.2 Å². The summed E-state index contributed by atoms with van der Waals surface area (Å²) >= 11 is 0. The number of anilines is 1. The molecule has 0 fully saturated rings. The Kier molecular flexibility index (Phi) is 7.98. The van der Waals surface area contributed by atoms with E-state index in [2.05, 4.69) is 20.9 Å². The number of carbonyl (C=O) groups is 1. The number of halogens is 2. The lowest BCUT2D eigenvalue weighted by atomic mass is 10.3. The quantitative estimate of drug-likeness (QED) is 0.627. The summed E-state index contributed by atoms with van der Waals surface area (Å²) in [6.45, 7) is 4.17. The number of aliphatic imine (C=N–C) groups is 1. The molecule has 0 aromatic carbocycles. The van der Waals surface area contributed by atoms with Gasteiger partial charge < -0.3 is 26.3 Å². The molecule has 1 aromatic rings. The average molecular weight is 337 g/mol. The average Bonchev–Trinajstić information content (AvgIpc) is 2.96. The monoisotopic (exact) mass is 336 g/mol. The SMILES string of the molecule is CC(CNC(=O)c1cc(N)cn1C)NC1=NCCN1.Cl.Cl. The number of aryl methyl sites for hydroxylation is 1. The van der Waals surface area contributed by atoms with Gasteiger partial charge in [-0.3, -0.25) is 9.79 Å². The highest BCUT2D eigenvalue weighted by atomic mass is 35.5. The fourth-order valence-corrected chi connectivity index (χ4v) is 1.93. The van der Waals surface area contributed by atoms with Crippen LogP contribution in [0.4, 0.5) is 5.69 Å². The molecule has 1 atom stereocenters. The number of nitrogens with one attached hydrogen (secondary N) is 3. The van der Waals surface area contributed by atoms with Gasteiger partial charge in [0.2, 0.25) is 0 Å². The van der Waals surface area contributed by atoms with Gasteiger partial charge in [0.25, 0.3) is 5.91 Å². The summed E-state index contributed by atoms with van der Waals surface area (Å²) in [5.74, 6) is 0.666. The predicted molar refractivity (Wildman–Crippen MR) is 89.6 cm³/mol. The highest BCUT2D eigenvalue weighted by molar-refractivity contribution is 5.93. The smallest absolute Gasteiger partial charge is 0.268 e. The number of carbonyl (C=O) groups excluding carboxylic acids is 1. The Hall–Kier alpha value is -1.60. The first kappa shape index (κ1) is 19.4. The minimum atomic E-state index is -0.130. The van der Waals surface area contributed by atoms with E-state index in [1.54, 1.807) is 23.9 Å². The molecule has 1 aliphatic heterocycles. The third-order valence-electron chi connectivity index (χ3n) is 2.88. The van der Waals surface area contributed by atoms with Gasteiger partial charge >= 0.3 is 0 Å². The van der Waals surface area contributed by atoms with Gasteiger partial charge in [-0.25, -0.2) is 0 Å². The van der Waals surface area contributed by atoms with Crippen molar-refractivity contribution >= 4 is 42.4 Å². The fourth-order valence-electron chi connectivity index (χ4n) is 1.93. The molecule has 21 heavy (non-hydrogen) atoms. The molecule has 0 aliphatic carbocycles. The first-order valence-electron chi connectivity index (χ1n) is 6.31. The fraction of sp³-hybridized carbons (Fsp3) is 0.500. The zero-order valence-corrected chi connectivity index (χ0v) is 13.7. The van der Waals surface area contributed by atoms with Crippen LogP contribution < -0.4 is 21.7 Å². The number of guanidine groups is 1. The van der Waals surface area contributed by atoms with Crippen LogP contribution in [0.25, 0.3) is 0 Å². The van der Waals surface area contributed by atoms with Gasteiger partial charge in [0.15, 0.2) is 5.96 Å².